The fourth-order valence-electron chi connectivity index (χ4n) is 1.49. The topological polar surface area (TPSA) is 103 Å². The molecule has 9 heteroatoms. The van der Waals surface area contributed by atoms with Crippen molar-refractivity contribution in [2.24, 2.45) is 0 Å². The summed E-state index contributed by atoms with van der Waals surface area (Å²) in [5.41, 5.74) is -0.151. The van der Waals surface area contributed by atoms with Crippen LogP contribution in [-0.2, 0) is 4.74 Å². The number of nitrogens with zero attached hydrogens (tertiary/aromatic N) is 4. The minimum atomic E-state index is -0.548. The van der Waals surface area contributed by atoms with Crippen LogP contribution < -0.4 is 5.69 Å². The number of methoxy groups -OCH3 is 1. The van der Waals surface area contributed by atoms with Crippen molar-refractivity contribution in [1.82, 2.24) is 24.7 Å². The Morgan fingerprint density at radius 3 is 2.70 bits per heavy atom. The van der Waals surface area contributed by atoms with Gasteiger partial charge < -0.3 is 4.74 Å². The lowest BCUT2D eigenvalue weighted by molar-refractivity contribution is 0.0593. The molecule has 0 spiro atoms. The summed E-state index contributed by atoms with van der Waals surface area (Å²) in [5, 5.41) is 7.34. The van der Waals surface area contributed by atoms with E-state index in [0.717, 1.165) is 0 Å². The van der Waals surface area contributed by atoms with Crippen LogP contribution in [0.1, 0.15) is 30.4 Å². The summed E-state index contributed by atoms with van der Waals surface area (Å²) >= 11 is 1.19. The van der Waals surface area contributed by atoms with Crippen LogP contribution in [0, 0.1) is 0 Å². The predicted molar refractivity (Wildman–Crippen MR) is 70.7 cm³/mol. The lowest BCUT2D eigenvalue weighted by atomic mass is 10.4. The predicted octanol–water partition coefficient (Wildman–Crippen LogP) is 0.880. The zero-order valence-corrected chi connectivity index (χ0v) is 12.0. The number of aromatic nitrogens is 5. The highest BCUT2D eigenvalue weighted by atomic mass is 32.2. The van der Waals surface area contributed by atoms with E-state index in [4.69, 9.17) is 0 Å². The summed E-state index contributed by atoms with van der Waals surface area (Å²) in [7, 11) is 1.28. The third-order valence-corrected chi connectivity index (χ3v) is 3.30. The summed E-state index contributed by atoms with van der Waals surface area (Å²) in [5.74, 6) is -0.548. The van der Waals surface area contributed by atoms with E-state index >= 15 is 0 Å². The maximum Gasteiger partial charge on any atom is 0.358 e. The SMILES string of the molecule is COC(=O)c1cnc(Sc2n[nH]c(=O)n2C(C)C)cn1. The second-order valence-electron chi connectivity index (χ2n) is 4.11. The molecule has 0 unspecified atom stereocenters. The fraction of sp³-hybridized carbons (Fsp3) is 0.364. The average Bonchev–Trinajstić information content (AvgIpc) is 2.79. The van der Waals surface area contributed by atoms with Crippen molar-refractivity contribution in [3.05, 3.63) is 28.6 Å². The van der Waals surface area contributed by atoms with Gasteiger partial charge in [-0.15, -0.1) is 5.10 Å². The summed E-state index contributed by atoms with van der Waals surface area (Å²) in [6.07, 6.45) is 2.75. The number of aromatic amines is 1. The molecular weight excluding hydrogens is 282 g/mol. The number of carbonyl (C=O) groups is 1. The Bertz CT molecular complexity index is 661. The number of carbonyl (C=O) groups excluding carboxylic acids is 1. The molecule has 0 aromatic carbocycles. The minimum absolute atomic E-state index is 0.0222. The molecule has 0 aliphatic rings. The number of H-pyrrole nitrogens is 1. The summed E-state index contributed by atoms with van der Waals surface area (Å²) in [4.78, 5) is 30.9. The third-order valence-electron chi connectivity index (χ3n) is 2.41. The highest BCUT2D eigenvalue weighted by Crippen LogP contribution is 2.23. The first-order valence-corrected chi connectivity index (χ1v) is 6.59. The Kier molecular flexibility index (Phi) is 4.18. The quantitative estimate of drug-likeness (QED) is 0.835. The molecule has 0 amide bonds. The largest absolute Gasteiger partial charge is 0.464 e. The van der Waals surface area contributed by atoms with E-state index in [-0.39, 0.29) is 17.4 Å². The summed E-state index contributed by atoms with van der Waals surface area (Å²) < 4.78 is 6.05. The van der Waals surface area contributed by atoms with Crippen LogP contribution in [0.3, 0.4) is 0 Å². The standard InChI is InChI=1S/C11H13N5O3S/c1-6(2)16-10(18)14-15-11(16)20-8-5-12-7(4-13-8)9(17)19-3/h4-6H,1-3H3,(H,14,18). The van der Waals surface area contributed by atoms with Crippen LogP contribution in [0.4, 0.5) is 0 Å². The van der Waals surface area contributed by atoms with Crippen molar-refractivity contribution < 1.29 is 9.53 Å². The number of esters is 1. The van der Waals surface area contributed by atoms with Crippen LogP contribution >= 0.6 is 11.8 Å². The van der Waals surface area contributed by atoms with Gasteiger partial charge in [-0.25, -0.2) is 24.7 Å². The molecule has 0 saturated carbocycles. The van der Waals surface area contributed by atoms with E-state index in [9.17, 15) is 9.59 Å². The van der Waals surface area contributed by atoms with Crippen molar-refractivity contribution in [2.45, 2.75) is 30.1 Å². The van der Waals surface area contributed by atoms with Gasteiger partial charge in [0.05, 0.1) is 19.5 Å². The zero-order chi connectivity index (χ0) is 14.7. The van der Waals surface area contributed by atoms with Crippen molar-refractivity contribution in [2.75, 3.05) is 7.11 Å². The molecule has 0 aliphatic heterocycles. The van der Waals surface area contributed by atoms with E-state index in [0.29, 0.717) is 10.2 Å². The minimum Gasteiger partial charge on any atom is -0.464 e. The number of ether oxygens (including phenoxy) is 1. The summed E-state index contributed by atoms with van der Waals surface area (Å²) in [6, 6.07) is -0.0222. The monoisotopic (exact) mass is 295 g/mol. The molecule has 8 nitrogen and oxygen atoms in total. The van der Waals surface area contributed by atoms with Gasteiger partial charge in [-0.2, -0.15) is 0 Å². The molecule has 0 atom stereocenters. The first kappa shape index (κ1) is 14.3. The molecule has 2 heterocycles. The van der Waals surface area contributed by atoms with Gasteiger partial charge in [0.25, 0.3) is 0 Å². The van der Waals surface area contributed by atoms with Crippen LogP contribution in [0.5, 0.6) is 0 Å². The van der Waals surface area contributed by atoms with E-state index in [1.54, 1.807) is 0 Å². The molecule has 0 fully saturated rings. The highest BCUT2D eigenvalue weighted by Gasteiger charge is 2.14. The van der Waals surface area contributed by atoms with Crippen molar-refractivity contribution in [3.63, 3.8) is 0 Å². The molecule has 0 radical (unpaired) electrons. The number of rotatable bonds is 4. The maximum atomic E-state index is 11.6. The second kappa shape index (κ2) is 5.87. The van der Waals surface area contributed by atoms with E-state index in [1.165, 1.54) is 35.8 Å². The maximum absolute atomic E-state index is 11.6. The van der Waals surface area contributed by atoms with Gasteiger partial charge in [0.2, 0.25) is 0 Å². The first-order valence-electron chi connectivity index (χ1n) is 5.78. The van der Waals surface area contributed by atoms with E-state index in [2.05, 4.69) is 24.9 Å². The first-order chi connectivity index (χ1) is 9.52. The smallest absolute Gasteiger partial charge is 0.358 e. The Labute approximate surface area is 118 Å². The van der Waals surface area contributed by atoms with Crippen LogP contribution in [-0.4, -0.2) is 37.8 Å². The number of hydrogen-bond donors (Lipinski definition) is 1. The van der Waals surface area contributed by atoms with E-state index < -0.39 is 5.97 Å². The Morgan fingerprint density at radius 2 is 2.15 bits per heavy atom. The Morgan fingerprint density at radius 1 is 1.40 bits per heavy atom. The lowest BCUT2D eigenvalue weighted by Crippen LogP contribution is -2.19. The van der Waals surface area contributed by atoms with Crippen LogP contribution in [0.25, 0.3) is 0 Å². The molecule has 2 aromatic heterocycles. The second-order valence-corrected chi connectivity index (χ2v) is 5.10. The normalized spacial score (nSPS) is 10.8. The average molecular weight is 295 g/mol. The van der Waals surface area contributed by atoms with Crippen molar-refractivity contribution >= 4 is 17.7 Å². The molecule has 2 aromatic rings. The molecule has 0 saturated heterocycles. The molecule has 106 valence electrons. The van der Waals surface area contributed by atoms with Crippen LogP contribution in [0.15, 0.2) is 27.4 Å². The van der Waals surface area contributed by atoms with E-state index in [1.807, 2.05) is 13.8 Å². The lowest BCUT2D eigenvalue weighted by Gasteiger charge is -2.07. The number of hydrogen-bond acceptors (Lipinski definition) is 7. The Hall–Kier alpha value is -2.16. The van der Waals surface area contributed by atoms with Gasteiger partial charge in [-0.3, -0.25) is 4.57 Å². The van der Waals surface area contributed by atoms with Gasteiger partial charge in [-0.1, -0.05) is 0 Å². The van der Waals surface area contributed by atoms with Gasteiger partial charge >= 0.3 is 11.7 Å². The molecule has 2 rings (SSSR count). The van der Waals surface area contributed by atoms with Crippen molar-refractivity contribution in [3.8, 4) is 0 Å². The highest BCUT2D eigenvalue weighted by molar-refractivity contribution is 7.99. The van der Waals surface area contributed by atoms with Crippen molar-refractivity contribution in [1.29, 1.82) is 0 Å². The zero-order valence-electron chi connectivity index (χ0n) is 11.2. The fourth-order valence-corrected chi connectivity index (χ4v) is 2.37. The van der Waals surface area contributed by atoms with Gasteiger partial charge in [0.15, 0.2) is 10.9 Å². The third kappa shape index (κ3) is 2.87. The van der Waals surface area contributed by atoms with Gasteiger partial charge in [0, 0.05) is 6.04 Å². The van der Waals surface area contributed by atoms with Crippen LogP contribution in [0.2, 0.25) is 0 Å². The van der Waals surface area contributed by atoms with Gasteiger partial charge in [0.1, 0.15) is 5.03 Å². The Balaban J connectivity index is 2.23. The number of nitrogens with one attached hydrogen (secondary N) is 1. The molecule has 0 bridgehead atoms. The summed E-state index contributed by atoms with van der Waals surface area (Å²) in [6.45, 7) is 3.76. The molecule has 20 heavy (non-hydrogen) atoms. The molecular formula is C11H13N5O3S. The molecule has 0 aliphatic carbocycles. The molecule has 1 N–H and O–H groups in total. The van der Waals surface area contributed by atoms with Gasteiger partial charge in [-0.05, 0) is 25.6 Å².